The number of nitrogens with zero attached hydrogens (tertiary/aromatic N) is 1. The molecular formula is C22H26BrN3O2. The number of rotatable bonds is 5. The molecule has 6 heteroatoms. The van der Waals surface area contributed by atoms with Crippen LogP contribution in [0.2, 0.25) is 0 Å². The van der Waals surface area contributed by atoms with Crippen LogP contribution in [0.4, 0.5) is 5.69 Å². The van der Waals surface area contributed by atoms with E-state index < -0.39 is 0 Å². The molecule has 148 valence electrons. The summed E-state index contributed by atoms with van der Waals surface area (Å²) in [5, 5.41) is 3.23. The Balaban J connectivity index is 1.43. The number of nitrogen functional groups attached to an aromatic ring is 1. The Morgan fingerprint density at radius 2 is 1.89 bits per heavy atom. The fourth-order valence-electron chi connectivity index (χ4n) is 4.62. The van der Waals surface area contributed by atoms with Gasteiger partial charge in [0.05, 0.1) is 12.7 Å². The number of methoxy groups -OCH3 is 1. The van der Waals surface area contributed by atoms with Crippen molar-refractivity contribution in [2.45, 2.75) is 50.4 Å². The van der Waals surface area contributed by atoms with Crippen molar-refractivity contribution >= 4 is 27.5 Å². The third-order valence-corrected chi connectivity index (χ3v) is 6.68. The number of hydrogen-bond acceptors (Lipinski definition) is 4. The number of carbonyl (C=O) groups is 1. The van der Waals surface area contributed by atoms with Crippen molar-refractivity contribution in [2.75, 3.05) is 12.8 Å². The summed E-state index contributed by atoms with van der Waals surface area (Å²) in [6.07, 6.45) is 4.41. The van der Waals surface area contributed by atoms with Crippen LogP contribution in [0.5, 0.6) is 5.75 Å². The van der Waals surface area contributed by atoms with Crippen molar-refractivity contribution in [1.29, 1.82) is 0 Å². The Labute approximate surface area is 174 Å². The normalized spacial score (nSPS) is 24.1. The van der Waals surface area contributed by atoms with Crippen LogP contribution in [-0.2, 0) is 6.54 Å². The molecule has 0 aromatic heterocycles. The average Bonchev–Trinajstić information content (AvgIpc) is 2.92. The molecule has 2 aliphatic heterocycles. The molecule has 2 aromatic carbocycles. The predicted octanol–water partition coefficient (Wildman–Crippen LogP) is 3.97. The van der Waals surface area contributed by atoms with E-state index in [4.69, 9.17) is 10.5 Å². The molecule has 2 saturated heterocycles. The molecule has 0 aliphatic carbocycles. The maximum atomic E-state index is 12.9. The summed E-state index contributed by atoms with van der Waals surface area (Å²) in [6.45, 7) is 0.996. The second-order valence-corrected chi connectivity index (χ2v) is 8.61. The number of anilines is 1. The summed E-state index contributed by atoms with van der Waals surface area (Å²) >= 11 is 3.40. The fourth-order valence-corrected chi connectivity index (χ4v) is 4.97. The van der Waals surface area contributed by atoms with Gasteiger partial charge in [0.2, 0.25) is 0 Å². The molecule has 2 aromatic rings. The first-order chi connectivity index (χ1) is 13.5. The van der Waals surface area contributed by atoms with E-state index in [9.17, 15) is 4.79 Å². The first kappa shape index (κ1) is 19.3. The monoisotopic (exact) mass is 443 g/mol. The van der Waals surface area contributed by atoms with Crippen LogP contribution in [0.1, 0.15) is 41.6 Å². The van der Waals surface area contributed by atoms with Gasteiger partial charge in [-0.1, -0.05) is 30.3 Å². The quantitative estimate of drug-likeness (QED) is 0.686. The standard InChI is InChI=1S/C22H26BrN3O2/c1-28-21-12-20(24)19(23)11-18(21)22(27)25-15-9-16-7-8-17(10-15)26(16)13-14-5-3-2-4-6-14/h2-6,11-12,15-17H,7-10,13,24H2,1H3,(H,25,27)/t15?,16-,17+. The maximum absolute atomic E-state index is 12.9. The molecular weight excluding hydrogens is 418 g/mol. The zero-order valence-electron chi connectivity index (χ0n) is 16.0. The zero-order chi connectivity index (χ0) is 19.7. The molecule has 2 fully saturated rings. The molecule has 0 saturated carbocycles. The SMILES string of the molecule is COc1cc(N)c(Br)cc1C(=O)NC1C[C@H]2CC[C@@H](C1)N2Cc1ccccc1. The second kappa shape index (κ2) is 8.13. The van der Waals surface area contributed by atoms with Gasteiger partial charge in [0.25, 0.3) is 5.91 Å². The van der Waals surface area contributed by atoms with Crippen LogP contribution in [0.15, 0.2) is 46.9 Å². The van der Waals surface area contributed by atoms with Crippen LogP contribution in [-0.4, -0.2) is 36.0 Å². The highest BCUT2D eigenvalue weighted by molar-refractivity contribution is 9.10. The lowest BCUT2D eigenvalue weighted by molar-refractivity contribution is 0.0825. The summed E-state index contributed by atoms with van der Waals surface area (Å²) in [4.78, 5) is 15.5. The maximum Gasteiger partial charge on any atom is 0.255 e. The lowest BCUT2D eigenvalue weighted by Crippen LogP contribution is -2.50. The van der Waals surface area contributed by atoms with Gasteiger partial charge in [-0.05, 0) is 53.2 Å². The summed E-state index contributed by atoms with van der Waals surface area (Å²) in [5.74, 6) is 0.404. The average molecular weight is 444 g/mol. The molecule has 0 radical (unpaired) electrons. The molecule has 2 heterocycles. The number of benzene rings is 2. The van der Waals surface area contributed by atoms with Crippen molar-refractivity contribution in [3.05, 3.63) is 58.1 Å². The van der Waals surface area contributed by atoms with E-state index in [1.165, 1.54) is 18.4 Å². The summed E-state index contributed by atoms with van der Waals surface area (Å²) in [6, 6.07) is 15.3. The van der Waals surface area contributed by atoms with E-state index in [0.717, 1.165) is 19.4 Å². The van der Waals surface area contributed by atoms with E-state index in [0.29, 0.717) is 33.6 Å². The number of piperidine rings is 1. The van der Waals surface area contributed by atoms with Crippen molar-refractivity contribution in [3.8, 4) is 5.75 Å². The van der Waals surface area contributed by atoms with Gasteiger partial charge < -0.3 is 15.8 Å². The number of nitrogens with one attached hydrogen (secondary N) is 1. The van der Waals surface area contributed by atoms with Crippen LogP contribution in [0.3, 0.4) is 0 Å². The molecule has 3 N–H and O–H groups in total. The summed E-state index contributed by atoms with van der Waals surface area (Å²) in [7, 11) is 1.56. The Bertz CT molecular complexity index is 844. The van der Waals surface area contributed by atoms with Crippen molar-refractivity contribution < 1.29 is 9.53 Å². The number of fused-ring (bicyclic) bond motifs is 2. The third kappa shape index (κ3) is 3.89. The van der Waals surface area contributed by atoms with E-state index in [2.05, 4.69) is 56.5 Å². The molecule has 3 atom stereocenters. The number of hydrogen-bond donors (Lipinski definition) is 2. The highest BCUT2D eigenvalue weighted by Gasteiger charge is 2.41. The number of halogens is 1. The van der Waals surface area contributed by atoms with Gasteiger partial charge >= 0.3 is 0 Å². The van der Waals surface area contributed by atoms with E-state index >= 15 is 0 Å². The van der Waals surface area contributed by atoms with Crippen LogP contribution in [0, 0.1) is 0 Å². The van der Waals surface area contributed by atoms with Crippen LogP contribution >= 0.6 is 15.9 Å². The minimum Gasteiger partial charge on any atom is -0.496 e. The minimum absolute atomic E-state index is 0.0986. The molecule has 4 rings (SSSR count). The van der Waals surface area contributed by atoms with E-state index in [1.54, 1.807) is 19.2 Å². The topological polar surface area (TPSA) is 67.6 Å². The van der Waals surface area contributed by atoms with Crippen molar-refractivity contribution in [2.24, 2.45) is 0 Å². The lowest BCUT2D eigenvalue weighted by Gasteiger charge is -2.39. The van der Waals surface area contributed by atoms with E-state index in [1.807, 2.05) is 0 Å². The first-order valence-electron chi connectivity index (χ1n) is 9.78. The van der Waals surface area contributed by atoms with Crippen LogP contribution in [0.25, 0.3) is 0 Å². The second-order valence-electron chi connectivity index (χ2n) is 7.76. The summed E-state index contributed by atoms with van der Waals surface area (Å²) in [5.41, 5.74) is 8.34. The Morgan fingerprint density at radius 3 is 2.54 bits per heavy atom. The number of nitrogens with two attached hydrogens (primary N) is 1. The van der Waals surface area contributed by atoms with Gasteiger partial charge in [-0.15, -0.1) is 0 Å². The largest absolute Gasteiger partial charge is 0.496 e. The predicted molar refractivity (Wildman–Crippen MR) is 114 cm³/mol. The number of amides is 1. The highest BCUT2D eigenvalue weighted by Crippen LogP contribution is 2.37. The molecule has 1 amide bonds. The fraction of sp³-hybridized carbons (Fsp3) is 0.409. The molecule has 1 unspecified atom stereocenters. The van der Waals surface area contributed by atoms with Gasteiger partial charge in [0, 0.05) is 40.9 Å². The highest BCUT2D eigenvalue weighted by atomic mass is 79.9. The molecule has 2 bridgehead atoms. The van der Waals surface area contributed by atoms with Crippen LogP contribution < -0.4 is 15.8 Å². The Morgan fingerprint density at radius 1 is 1.21 bits per heavy atom. The van der Waals surface area contributed by atoms with Crippen molar-refractivity contribution in [1.82, 2.24) is 10.2 Å². The van der Waals surface area contributed by atoms with Gasteiger partial charge in [-0.2, -0.15) is 0 Å². The molecule has 0 spiro atoms. The number of ether oxygens (including phenoxy) is 1. The first-order valence-corrected chi connectivity index (χ1v) is 10.6. The van der Waals surface area contributed by atoms with Gasteiger partial charge in [0.15, 0.2) is 0 Å². The minimum atomic E-state index is -0.0986. The van der Waals surface area contributed by atoms with Gasteiger partial charge in [0.1, 0.15) is 5.75 Å². The Hall–Kier alpha value is -2.05. The van der Waals surface area contributed by atoms with Crippen molar-refractivity contribution in [3.63, 3.8) is 0 Å². The smallest absolute Gasteiger partial charge is 0.255 e. The molecule has 28 heavy (non-hydrogen) atoms. The lowest BCUT2D eigenvalue weighted by atomic mass is 9.96. The van der Waals surface area contributed by atoms with Gasteiger partial charge in [-0.3, -0.25) is 9.69 Å². The Kier molecular flexibility index (Phi) is 5.60. The summed E-state index contributed by atoms with van der Waals surface area (Å²) < 4.78 is 6.06. The molecule has 2 aliphatic rings. The van der Waals surface area contributed by atoms with E-state index in [-0.39, 0.29) is 11.9 Å². The van der Waals surface area contributed by atoms with Gasteiger partial charge in [-0.25, -0.2) is 0 Å². The molecule has 5 nitrogen and oxygen atoms in total. The number of carbonyl (C=O) groups excluding carboxylic acids is 1. The third-order valence-electron chi connectivity index (χ3n) is 5.99. The zero-order valence-corrected chi connectivity index (χ0v) is 17.6.